The molecule has 0 aliphatic rings. The van der Waals surface area contributed by atoms with Crippen molar-refractivity contribution >= 4 is 46.3 Å². The zero-order valence-corrected chi connectivity index (χ0v) is 18.5. The molecular formula is C20H9ClN4O12. The highest BCUT2D eigenvalue weighted by Crippen LogP contribution is 2.31. The van der Waals surface area contributed by atoms with Gasteiger partial charge in [0, 0.05) is 30.3 Å². The summed E-state index contributed by atoms with van der Waals surface area (Å²) in [5.41, 5.74) is -3.91. The number of ether oxygens (including phenoxy) is 2. The molecule has 0 aromatic heterocycles. The molecule has 0 atom stereocenters. The summed E-state index contributed by atoms with van der Waals surface area (Å²) in [6.07, 6.45) is 0. The molecule has 16 nitrogen and oxygen atoms in total. The van der Waals surface area contributed by atoms with Crippen molar-refractivity contribution in [2.45, 2.75) is 0 Å². The lowest BCUT2D eigenvalue weighted by atomic mass is 10.1. The van der Waals surface area contributed by atoms with E-state index in [0.29, 0.717) is 12.1 Å². The van der Waals surface area contributed by atoms with Crippen LogP contribution in [0.1, 0.15) is 20.7 Å². The molecular weight excluding hydrogens is 524 g/mol. The number of nitro groups is 4. The second-order valence-electron chi connectivity index (χ2n) is 6.88. The van der Waals surface area contributed by atoms with Gasteiger partial charge in [0.1, 0.15) is 11.5 Å². The van der Waals surface area contributed by atoms with E-state index in [4.69, 9.17) is 21.1 Å². The van der Waals surface area contributed by atoms with Crippen molar-refractivity contribution < 1.29 is 38.8 Å². The number of halogens is 1. The second-order valence-corrected chi connectivity index (χ2v) is 7.28. The minimum Gasteiger partial charge on any atom is -0.423 e. The molecule has 0 radical (unpaired) electrons. The van der Waals surface area contributed by atoms with Gasteiger partial charge < -0.3 is 9.47 Å². The molecule has 0 heterocycles. The maximum atomic E-state index is 12.4. The average molecular weight is 533 g/mol. The lowest BCUT2D eigenvalue weighted by Crippen LogP contribution is -2.11. The fraction of sp³-hybridized carbons (Fsp3) is 0. The first-order valence-electron chi connectivity index (χ1n) is 9.47. The number of benzene rings is 3. The molecule has 0 fully saturated rings. The van der Waals surface area contributed by atoms with E-state index in [-0.39, 0.29) is 16.5 Å². The Morgan fingerprint density at radius 1 is 0.595 bits per heavy atom. The predicted molar refractivity (Wildman–Crippen MR) is 121 cm³/mol. The van der Waals surface area contributed by atoms with Crippen LogP contribution in [0.2, 0.25) is 5.02 Å². The summed E-state index contributed by atoms with van der Waals surface area (Å²) >= 11 is 6.02. The summed E-state index contributed by atoms with van der Waals surface area (Å²) in [6, 6.07) is 7.53. The third-order valence-electron chi connectivity index (χ3n) is 4.44. The smallest absolute Gasteiger partial charge is 0.344 e. The molecule has 188 valence electrons. The van der Waals surface area contributed by atoms with Crippen molar-refractivity contribution in [3.05, 3.63) is 111 Å². The third kappa shape index (κ3) is 6.14. The Kier molecular flexibility index (Phi) is 7.34. The van der Waals surface area contributed by atoms with Crippen LogP contribution in [-0.2, 0) is 0 Å². The summed E-state index contributed by atoms with van der Waals surface area (Å²) < 4.78 is 10.0. The topological polar surface area (TPSA) is 225 Å². The van der Waals surface area contributed by atoms with Gasteiger partial charge in [0.25, 0.3) is 22.7 Å². The van der Waals surface area contributed by atoms with Crippen LogP contribution in [0.15, 0.2) is 54.6 Å². The number of hydrogen-bond acceptors (Lipinski definition) is 12. The van der Waals surface area contributed by atoms with Crippen LogP contribution in [0.25, 0.3) is 0 Å². The van der Waals surface area contributed by atoms with E-state index in [1.54, 1.807) is 0 Å². The number of rotatable bonds is 8. The van der Waals surface area contributed by atoms with Crippen LogP contribution < -0.4 is 9.47 Å². The van der Waals surface area contributed by atoms with E-state index in [9.17, 15) is 50.0 Å². The van der Waals surface area contributed by atoms with E-state index in [0.717, 1.165) is 42.5 Å². The van der Waals surface area contributed by atoms with Crippen molar-refractivity contribution in [1.29, 1.82) is 0 Å². The van der Waals surface area contributed by atoms with Crippen LogP contribution in [0.4, 0.5) is 22.7 Å². The Balaban J connectivity index is 1.82. The van der Waals surface area contributed by atoms with Crippen LogP contribution in [0, 0.1) is 40.5 Å². The molecule has 0 spiro atoms. The Morgan fingerprint density at radius 3 is 1.32 bits per heavy atom. The first-order chi connectivity index (χ1) is 17.3. The van der Waals surface area contributed by atoms with Crippen LogP contribution in [-0.4, -0.2) is 31.6 Å². The van der Waals surface area contributed by atoms with Gasteiger partial charge in [-0.15, -0.1) is 0 Å². The zero-order valence-electron chi connectivity index (χ0n) is 17.8. The van der Waals surface area contributed by atoms with Gasteiger partial charge in [-0.25, -0.2) is 9.59 Å². The largest absolute Gasteiger partial charge is 0.423 e. The predicted octanol–water partition coefficient (Wildman–Crippen LogP) is 4.41. The van der Waals surface area contributed by atoms with Gasteiger partial charge in [-0.3, -0.25) is 40.5 Å². The zero-order chi connectivity index (χ0) is 27.4. The fourth-order valence-corrected chi connectivity index (χ4v) is 3.01. The lowest BCUT2D eigenvalue weighted by molar-refractivity contribution is -0.394. The average Bonchev–Trinajstić information content (AvgIpc) is 2.84. The fourth-order valence-electron chi connectivity index (χ4n) is 2.80. The van der Waals surface area contributed by atoms with Crippen LogP contribution in [0.3, 0.4) is 0 Å². The number of carbonyl (C=O) groups is 2. The molecule has 0 saturated heterocycles. The third-order valence-corrected chi connectivity index (χ3v) is 4.73. The first kappa shape index (κ1) is 26.1. The van der Waals surface area contributed by atoms with Crippen molar-refractivity contribution in [3.63, 3.8) is 0 Å². The number of carbonyl (C=O) groups excluding carboxylic acids is 2. The second kappa shape index (κ2) is 10.4. The molecule has 0 saturated carbocycles. The van der Waals surface area contributed by atoms with Gasteiger partial charge in [-0.1, -0.05) is 11.6 Å². The van der Waals surface area contributed by atoms with Crippen LogP contribution in [0.5, 0.6) is 11.5 Å². The van der Waals surface area contributed by atoms with E-state index in [2.05, 4.69) is 0 Å². The van der Waals surface area contributed by atoms with E-state index in [1.807, 2.05) is 0 Å². The van der Waals surface area contributed by atoms with Crippen molar-refractivity contribution in [1.82, 2.24) is 0 Å². The molecule has 37 heavy (non-hydrogen) atoms. The van der Waals surface area contributed by atoms with E-state index in [1.165, 1.54) is 0 Å². The Bertz CT molecular complexity index is 1440. The van der Waals surface area contributed by atoms with Crippen molar-refractivity contribution in [2.24, 2.45) is 0 Å². The highest BCUT2D eigenvalue weighted by Gasteiger charge is 2.23. The molecule has 0 unspecified atom stereocenters. The molecule has 0 amide bonds. The van der Waals surface area contributed by atoms with Gasteiger partial charge in [-0.05, 0) is 12.1 Å². The number of nitro benzene ring substituents is 4. The molecule has 17 heteroatoms. The van der Waals surface area contributed by atoms with Gasteiger partial charge in [-0.2, -0.15) is 0 Å². The van der Waals surface area contributed by atoms with Gasteiger partial charge in [0.2, 0.25) is 0 Å². The highest BCUT2D eigenvalue weighted by molar-refractivity contribution is 6.32. The molecule has 0 aliphatic heterocycles. The normalized spacial score (nSPS) is 10.3. The number of nitrogens with zero attached hydrogens (tertiary/aromatic N) is 4. The summed E-state index contributed by atoms with van der Waals surface area (Å²) in [6.45, 7) is 0. The van der Waals surface area contributed by atoms with Crippen molar-refractivity contribution in [2.75, 3.05) is 0 Å². The molecule has 3 aromatic carbocycles. The number of hydrogen-bond donors (Lipinski definition) is 0. The standard InChI is InChI=1S/C20H9ClN4O12/c21-17-9-16(36-19(26)10-3-12(22(28)29)7-13(4-10)23(30)31)1-2-18(17)37-20(27)11-5-14(24(32)33)8-15(6-11)25(34)35/h1-9H. The molecule has 3 rings (SSSR count). The molecule has 0 bridgehead atoms. The lowest BCUT2D eigenvalue weighted by Gasteiger charge is -2.09. The van der Waals surface area contributed by atoms with E-state index >= 15 is 0 Å². The number of esters is 2. The summed E-state index contributed by atoms with van der Waals surface area (Å²) in [7, 11) is 0. The van der Waals surface area contributed by atoms with Crippen LogP contribution >= 0.6 is 11.6 Å². The molecule has 3 aromatic rings. The maximum Gasteiger partial charge on any atom is 0.344 e. The quantitative estimate of drug-likeness (QED) is 0.170. The Labute approximate surface area is 208 Å². The monoisotopic (exact) mass is 532 g/mol. The van der Waals surface area contributed by atoms with Gasteiger partial charge in [0.15, 0.2) is 0 Å². The number of non-ortho nitro benzene ring substituents is 4. The SMILES string of the molecule is O=C(Oc1ccc(OC(=O)c2cc([N+](=O)[O-])cc([N+](=O)[O-])c2)c(Cl)c1)c1cc([N+](=O)[O-])cc([N+](=O)[O-])c1. The van der Waals surface area contributed by atoms with E-state index < -0.39 is 65.5 Å². The molecule has 0 aliphatic carbocycles. The Hall–Kier alpha value is -5.51. The maximum absolute atomic E-state index is 12.4. The first-order valence-corrected chi connectivity index (χ1v) is 9.85. The summed E-state index contributed by atoms with van der Waals surface area (Å²) in [5.74, 6) is -2.97. The summed E-state index contributed by atoms with van der Waals surface area (Å²) in [5, 5.41) is 43.7. The molecule has 0 N–H and O–H groups in total. The van der Waals surface area contributed by atoms with Gasteiger partial charge in [0.05, 0.1) is 48.0 Å². The minimum atomic E-state index is -1.22. The highest BCUT2D eigenvalue weighted by atomic mass is 35.5. The van der Waals surface area contributed by atoms with Gasteiger partial charge >= 0.3 is 11.9 Å². The Morgan fingerprint density at radius 2 is 0.973 bits per heavy atom. The minimum absolute atomic E-state index is 0.241. The summed E-state index contributed by atoms with van der Waals surface area (Å²) in [4.78, 5) is 65.1. The van der Waals surface area contributed by atoms with Crippen molar-refractivity contribution in [3.8, 4) is 11.5 Å².